The van der Waals surface area contributed by atoms with E-state index in [1.165, 1.54) is 23.2 Å². The quantitative estimate of drug-likeness (QED) is 0.828. The molecule has 3 rings (SSSR count). The molecule has 1 atom stereocenters. The van der Waals surface area contributed by atoms with E-state index in [1.807, 2.05) is 0 Å². The topological polar surface area (TPSA) is 62.3 Å². The van der Waals surface area contributed by atoms with Gasteiger partial charge < -0.3 is 10.2 Å². The predicted octanol–water partition coefficient (Wildman–Crippen LogP) is 3.65. The third kappa shape index (κ3) is 4.16. The molecule has 1 N–H and O–H groups in total. The Balaban J connectivity index is 1.79. The van der Waals surface area contributed by atoms with Gasteiger partial charge in [0, 0.05) is 30.1 Å². The van der Waals surface area contributed by atoms with Gasteiger partial charge in [0.2, 0.25) is 5.91 Å². The molecule has 2 amide bonds. The number of amides is 2. The molecule has 2 aromatic rings. The number of hydrogen-bond acceptors (Lipinski definition) is 3. The number of rotatable bonds is 3. The Hall–Kier alpha value is -2.54. The van der Waals surface area contributed by atoms with Crippen LogP contribution in [0.15, 0.2) is 36.5 Å². The fourth-order valence-electron chi connectivity index (χ4n) is 3.00. The van der Waals surface area contributed by atoms with E-state index in [-0.39, 0.29) is 16.7 Å². The third-order valence-corrected chi connectivity index (χ3v) is 4.38. The molecule has 26 heavy (non-hydrogen) atoms. The largest absolute Gasteiger partial charge is 0.327 e. The summed E-state index contributed by atoms with van der Waals surface area (Å²) in [6.07, 6.45) is 3.43. The zero-order chi connectivity index (χ0) is 18.7. The zero-order valence-corrected chi connectivity index (χ0v) is 14.5. The molecule has 1 unspecified atom stereocenters. The molecule has 136 valence electrons. The second kappa shape index (κ2) is 7.78. The molecule has 0 saturated carbocycles. The number of nitrogens with zero attached hydrogens (tertiary/aromatic N) is 2. The van der Waals surface area contributed by atoms with Crippen molar-refractivity contribution >= 4 is 29.1 Å². The van der Waals surface area contributed by atoms with Crippen molar-refractivity contribution in [1.29, 1.82) is 0 Å². The second-order valence-corrected chi connectivity index (χ2v) is 6.41. The Kier molecular flexibility index (Phi) is 5.46. The first-order valence-electron chi connectivity index (χ1n) is 8.13. The summed E-state index contributed by atoms with van der Waals surface area (Å²) in [6.45, 7) is 0.411. The fourth-order valence-corrected chi connectivity index (χ4v) is 3.17. The smallest absolute Gasteiger partial charge is 0.254 e. The van der Waals surface area contributed by atoms with Gasteiger partial charge in [-0.3, -0.25) is 9.59 Å². The lowest BCUT2D eigenvalue weighted by Crippen LogP contribution is -2.50. The van der Waals surface area contributed by atoms with Gasteiger partial charge in [0.1, 0.15) is 22.8 Å². The average Bonchev–Trinajstić information content (AvgIpc) is 2.60. The molecule has 8 heteroatoms. The van der Waals surface area contributed by atoms with Gasteiger partial charge in [0.15, 0.2) is 0 Å². The Labute approximate surface area is 154 Å². The molecule has 0 bridgehead atoms. The molecule has 5 nitrogen and oxygen atoms in total. The summed E-state index contributed by atoms with van der Waals surface area (Å²) < 4.78 is 26.6. The highest BCUT2D eigenvalue weighted by Crippen LogP contribution is 2.22. The summed E-state index contributed by atoms with van der Waals surface area (Å²) >= 11 is 5.83. The van der Waals surface area contributed by atoms with Crippen LogP contribution in [0, 0.1) is 11.6 Å². The van der Waals surface area contributed by atoms with E-state index in [4.69, 9.17) is 11.6 Å². The number of benzene rings is 1. The highest BCUT2D eigenvalue weighted by atomic mass is 35.5. The van der Waals surface area contributed by atoms with E-state index in [1.54, 1.807) is 0 Å². The molecule has 1 aliphatic rings. The molecule has 1 aliphatic heterocycles. The van der Waals surface area contributed by atoms with Crippen LogP contribution in [-0.2, 0) is 4.79 Å². The number of likely N-dealkylation sites (tertiary alicyclic amines) is 1. The van der Waals surface area contributed by atoms with Crippen molar-refractivity contribution in [1.82, 2.24) is 9.88 Å². The summed E-state index contributed by atoms with van der Waals surface area (Å²) in [5, 5.41) is 2.67. The highest BCUT2D eigenvalue weighted by molar-refractivity contribution is 6.29. The van der Waals surface area contributed by atoms with Gasteiger partial charge in [-0.25, -0.2) is 13.8 Å². The van der Waals surface area contributed by atoms with Gasteiger partial charge in [-0.1, -0.05) is 11.6 Å². The van der Waals surface area contributed by atoms with Gasteiger partial charge in [-0.15, -0.1) is 0 Å². The third-order valence-electron chi connectivity index (χ3n) is 4.17. The summed E-state index contributed by atoms with van der Waals surface area (Å²) in [5.74, 6) is -2.39. The van der Waals surface area contributed by atoms with Crippen LogP contribution in [0.25, 0.3) is 0 Å². The summed E-state index contributed by atoms with van der Waals surface area (Å²) in [6, 6.07) is 5.01. The van der Waals surface area contributed by atoms with Crippen LogP contribution < -0.4 is 5.32 Å². The first-order chi connectivity index (χ1) is 12.4. The number of piperidine rings is 1. The highest BCUT2D eigenvalue weighted by Gasteiger charge is 2.32. The van der Waals surface area contributed by atoms with Crippen LogP contribution >= 0.6 is 11.6 Å². The van der Waals surface area contributed by atoms with Gasteiger partial charge in [0.25, 0.3) is 5.91 Å². The van der Waals surface area contributed by atoms with E-state index >= 15 is 0 Å². The molecule has 0 aliphatic carbocycles. The molecule has 0 spiro atoms. The molecule has 1 saturated heterocycles. The molecule has 0 radical (unpaired) electrons. The van der Waals surface area contributed by atoms with Crippen LogP contribution in [0.4, 0.5) is 14.5 Å². The zero-order valence-electron chi connectivity index (χ0n) is 13.7. The lowest BCUT2D eigenvalue weighted by Gasteiger charge is -2.34. The van der Waals surface area contributed by atoms with Crippen molar-refractivity contribution in [2.45, 2.75) is 25.3 Å². The Morgan fingerprint density at radius 1 is 1.15 bits per heavy atom. The van der Waals surface area contributed by atoms with Crippen LogP contribution in [0.1, 0.15) is 29.6 Å². The summed E-state index contributed by atoms with van der Waals surface area (Å²) in [7, 11) is 0. The van der Waals surface area contributed by atoms with Crippen molar-refractivity contribution in [3.8, 4) is 0 Å². The number of carbonyl (C=O) groups is 2. The lowest BCUT2D eigenvalue weighted by atomic mass is 10.00. The number of aromatic nitrogens is 1. The molecule has 1 aromatic carbocycles. The van der Waals surface area contributed by atoms with Crippen LogP contribution in [0.5, 0.6) is 0 Å². The first-order valence-corrected chi connectivity index (χ1v) is 8.51. The molecule has 1 aromatic heterocycles. The van der Waals surface area contributed by atoms with Crippen molar-refractivity contribution in [2.75, 3.05) is 11.9 Å². The van der Waals surface area contributed by atoms with Crippen LogP contribution in [-0.4, -0.2) is 34.3 Å². The van der Waals surface area contributed by atoms with E-state index in [9.17, 15) is 18.4 Å². The Bertz CT molecular complexity index is 827. The van der Waals surface area contributed by atoms with Gasteiger partial charge in [-0.05, 0) is 43.5 Å². The maximum absolute atomic E-state index is 13.3. The number of nitrogens with one attached hydrogen (secondary N) is 1. The van der Waals surface area contributed by atoms with Gasteiger partial charge >= 0.3 is 0 Å². The standard InChI is InChI=1S/C18H16ClF2N3O2/c19-16-7-11(4-5-22-16)18(26)24-6-2-1-3-15(24)17(25)23-14-9-12(20)8-13(21)10-14/h4-5,7-10,15H,1-3,6H2,(H,23,25). The predicted molar refractivity (Wildman–Crippen MR) is 92.9 cm³/mol. The van der Waals surface area contributed by atoms with Gasteiger partial charge in [0.05, 0.1) is 0 Å². The minimum atomic E-state index is -0.789. The van der Waals surface area contributed by atoms with Crippen LogP contribution in [0.3, 0.4) is 0 Å². The van der Waals surface area contributed by atoms with E-state index in [2.05, 4.69) is 10.3 Å². The number of anilines is 1. The second-order valence-electron chi connectivity index (χ2n) is 6.02. The van der Waals surface area contributed by atoms with Crippen molar-refractivity contribution in [3.63, 3.8) is 0 Å². The monoisotopic (exact) mass is 379 g/mol. The Morgan fingerprint density at radius 2 is 1.88 bits per heavy atom. The summed E-state index contributed by atoms with van der Waals surface area (Å²) in [5.41, 5.74) is 0.346. The van der Waals surface area contributed by atoms with E-state index in [0.717, 1.165) is 31.0 Å². The average molecular weight is 380 g/mol. The van der Waals surface area contributed by atoms with Crippen molar-refractivity contribution in [3.05, 3.63) is 58.9 Å². The van der Waals surface area contributed by atoms with E-state index in [0.29, 0.717) is 18.5 Å². The number of carbonyl (C=O) groups excluding carboxylic acids is 2. The first kappa shape index (κ1) is 18.3. The molecule has 1 fully saturated rings. The minimum Gasteiger partial charge on any atom is -0.327 e. The lowest BCUT2D eigenvalue weighted by molar-refractivity contribution is -0.121. The Morgan fingerprint density at radius 3 is 2.58 bits per heavy atom. The maximum atomic E-state index is 13.3. The maximum Gasteiger partial charge on any atom is 0.254 e. The van der Waals surface area contributed by atoms with Crippen molar-refractivity contribution in [2.24, 2.45) is 0 Å². The SMILES string of the molecule is O=C(Nc1cc(F)cc(F)c1)C1CCCCN1C(=O)c1ccnc(Cl)c1. The summed E-state index contributed by atoms with van der Waals surface area (Å²) in [4.78, 5) is 30.7. The minimum absolute atomic E-state index is 0.0115. The number of hydrogen-bond donors (Lipinski definition) is 1. The van der Waals surface area contributed by atoms with Crippen LogP contribution in [0.2, 0.25) is 5.15 Å². The number of pyridine rings is 1. The van der Waals surface area contributed by atoms with Crippen molar-refractivity contribution < 1.29 is 18.4 Å². The van der Waals surface area contributed by atoms with Gasteiger partial charge in [-0.2, -0.15) is 0 Å². The molecular formula is C18H16ClF2N3O2. The molecular weight excluding hydrogens is 364 g/mol. The fraction of sp³-hybridized carbons (Fsp3) is 0.278. The van der Waals surface area contributed by atoms with E-state index < -0.39 is 23.6 Å². The number of halogens is 3. The molecule has 2 heterocycles. The normalized spacial score (nSPS) is 17.0.